The highest BCUT2D eigenvalue weighted by molar-refractivity contribution is 9.10. The van der Waals surface area contributed by atoms with Crippen LogP contribution in [0.4, 0.5) is 5.69 Å². The fourth-order valence-corrected chi connectivity index (χ4v) is 1.40. The quantitative estimate of drug-likeness (QED) is 0.657. The van der Waals surface area contributed by atoms with Crippen LogP contribution in [0.3, 0.4) is 0 Å². The number of carbonyl (C=O) groups is 1. The largest absolute Gasteiger partial charge is 0.365 e. The number of anilines is 1. The van der Waals surface area contributed by atoms with Crippen molar-refractivity contribution in [2.24, 2.45) is 5.73 Å². The second kappa shape index (κ2) is 5.33. The van der Waals surface area contributed by atoms with Gasteiger partial charge in [0.1, 0.15) is 11.6 Å². The Morgan fingerprint density at radius 3 is 2.44 bits per heavy atom. The summed E-state index contributed by atoms with van der Waals surface area (Å²) < 4.78 is 0.954. The summed E-state index contributed by atoms with van der Waals surface area (Å²) in [4.78, 5) is 10.9. The van der Waals surface area contributed by atoms with Gasteiger partial charge in [0.25, 0.3) is 5.91 Å². The van der Waals surface area contributed by atoms with Gasteiger partial charge in [-0.05, 0) is 31.2 Å². The van der Waals surface area contributed by atoms with Crippen LogP contribution in [0.5, 0.6) is 0 Å². The normalized spacial score (nSPS) is 11.3. The molecule has 0 aliphatic carbocycles. The van der Waals surface area contributed by atoms with Crippen LogP contribution in [-0.2, 0) is 4.79 Å². The maximum absolute atomic E-state index is 10.9. The zero-order chi connectivity index (χ0) is 12.1. The summed E-state index contributed by atoms with van der Waals surface area (Å²) in [6, 6.07) is 9.12. The van der Waals surface area contributed by atoms with Crippen LogP contribution in [0.2, 0.25) is 0 Å². The molecule has 0 heterocycles. The summed E-state index contributed by atoms with van der Waals surface area (Å²) in [6.45, 7) is 1.63. The van der Waals surface area contributed by atoms with Crippen molar-refractivity contribution >= 4 is 27.5 Å². The number of halogens is 1. The lowest BCUT2D eigenvalue weighted by atomic mass is 10.2. The minimum Gasteiger partial charge on any atom is -0.365 e. The number of nitrogens with zero attached hydrogens (tertiary/aromatic N) is 1. The third-order valence-corrected chi connectivity index (χ3v) is 2.44. The number of nitrogens with two attached hydrogens (primary N) is 1. The topological polar surface area (TPSA) is 78.9 Å². The highest BCUT2D eigenvalue weighted by Gasteiger charge is 2.08. The number of hydrogen-bond donors (Lipinski definition) is 2. The van der Waals surface area contributed by atoms with Crippen molar-refractivity contribution in [2.45, 2.75) is 6.92 Å². The van der Waals surface area contributed by atoms with Gasteiger partial charge in [-0.15, -0.1) is 0 Å². The average Bonchev–Trinajstić information content (AvgIpc) is 2.22. The van der Waals surface area contributed by atoms with Crippen LogP contribution in [0.1, 0.15) is 6.92 Å². The van der Waals surface area contributed by atoms with E-state index in [0.29, 0.717) is 5.70 Å². The number of benzene rings is 1. The Hall–Kier alpha value is -1.80. The number of rotatable bonds is 3. The van der Waals surface area contributed by atoms with E-state index in [1.54, 1.807) is 13.0 Å². The smallest absolute Gasteiger partial charge is 0.261 e. The van der Waals surface area contributed by atoms with Crippen molar-refractivity contribution in [1.82, 2.24) is 0 Å². The monoisotopic (exact) mass is 279 g/mol. The fourth-order valence-electron chi connectivity index (χ4n) is 1.14. The summed E-state index contributed by atoms with van der Waals surface area (Å²) in [5, 5.41) is 11.7. The lowest BCUT2D eigenvalue weighted by Crippen LogP contribution is -2.16. The molecule has 0 spiro atoms. The number of hydrogen-bond acceptors (Lipinski definition) is 3. The molecule has 16 heavy (non-hydrogen) atoms. The van der Waals surface area contributed by atoms with E-state index in [4.69, 9.17) is 11.0 Å². The lowest BCUT2D eigenvalue weighted by molar-refractivity contribution is -0.114. The molecule has 0 radical (unpaired) electrons. The van der Waals surface area contributed by atoms with E-state index < -0.39 is 5.91 Å². The average molecular weight is 280 g/mol. The maximum atomic E-state index is 10.9. The molecule has 3 N–H and O–H groups in total. The number of carbonyl (C=O) groups excluding carboxylic acids is 1. The Morgan fingerprint density at radius 1 is 1.44 bits per heavy atom. The molecular weight excluding hydrogens is 270 g/mol. The molecule has 0 fully saturated rings. The fraction of sp³-hybridized carbons (Fsp3) is 0.0909. The highest BCUT2D eigenvalue weighted by Crippen LogP contribution is 2.16. The van der Waals surface area contributed by atoms with E-state index in [9.17, 15) is 4.79 Å². The second-order valence-corrected chi connectivity index (χ2v) is 4.02. The van der Waals surface area contributed by atoms with Crippen molar-refractivity contribution in [3.8, 4) is 6.07 Å². The van der Waals surface area contributed by atoms with Gasteiger partial charge in [-0.1, -0.05) is 15.9 Å². The summed E-state index contributed by atoms with van der Waals surface area (Å²) in [5.74, 6) is -0.732. The van der Waals surface area contributed by atoms with Crippen molar-refractivity contribution < 1.29 is 4.79 Å². The van der Waals surface area contributed by atoms with E-state index in [-0.39, 0.29) is 5.57 Å². The van der Waals surface area contributed by atoms with Crippen LogP contribution < -0.4 is 11.1 Å². The highest BCUT2D eigenvalue weighted by atomic mass is 79.9. The van der Waals surface area contributed by atoms with Crippen molar-refractivity contribution in [3.63, 3.8) is 0 Å². The molecule has 0 aliphatic heterocycles. The van der Waals surface area contributed by atoms with E-state index >= 15 is 0 Å². The first kappa shape index (κ1) is 12.3. The van der Waals surface area contributed by atoms with Crippen LogP contribution in [0, 0.1) is 11.3 Å². The Labute approximate surface area is 102 Å². The Morgan fingerprint density at radius 2 is 2.00 bits per heavy atom. The summed E-state index contributed by atoms with van der Waals surface area (Å²) in [6.07, 6.45) is 0. The SMILES string of the molecule is C/C(Nc1ccc(Br)cc1)=C(\C#N)C(N)=O. The van der Waals surface area contributed by atoms with Crippen LogP contribution in [0.15, 0.2) is 40.0 Å². The van der Waals surface area contributed by atoms with Crippen molar-refractivity contribution in [2.75, 3.05) is 5.32 Å². The standard InChI is InChI=1S/C11H10BrN3O/c1-7(10(6-13)11(14)16)15-9-4-2-8(12)3-5-9/h2-5,15H,1H3,(H2,14,16)/b10-7-. The molecule has 1 aromatic carbocycles. The molecule has 0 saturated heterocycles. The zero-order valence-corrected chi connectivity index (χ0v) is 10.2. The molecule has 5 heteroatoms. The third kappa shape index (κ3) is 3.11. The first-order chi connectivity index (χ1) is 7.54. The van der Waals surface area contributed by atoms with Gasteiger partial charge < -0.3 is 11.1 Å². The predicted octanol–water partition coefficient (Wildman–Crippen LogP) is 2.14. The predicted molar refractivity (Wildman–Crippen MR) is 65.3 cm³/mol. The van der Waals surface area contributed by atoms with E-state index in [1.807, 2.05) is 24.3 Å². The molecule has 0 bridgehead atoms. The third-order valence-electron chi connectivity index (χ3n) is 1.91. The first-order valence-corrected chi connectivity index (χ1v) is 5.27. The van der Waals surface area contributed by atoms with Gasteiger partial charge in [-0.2, -0.15) is 5.26 Å². The molecule has 1 aromatic rings. The molecule has 1 rings (SSSR count). The van der Waals surface area contributed by atoms with Gasteiger partial charge >= 0.3 is 0 Å². The maximum Gasteiger partial charge on any atom is 0.261 e. The van der Waals surface area contributed by atoms with Gasteiger partial charge in [0.15, 0.2) is 0 Å². The Bertz CT molecular complexity index is 471. The Balaban J connectivity index is 2.93. The molecule has 0 unspecified atom stereocenters. The Kier molecular flexibility index (Phi) is 4.09. The first-order valence-electron chi connectivity index (χ1n) is 4.48. The zero-order valence-electron chi connectivity index (χ0n) is 8.62. The van der Waals surface area contributed by atoms with E-state index in [2.05, 4.69) is 21.2 Å². The van der Waals surface area contributed by atoms with Crippen molar-refractivity contribution in [3.05, 3.63) is 40.0 Å². The van der Waals surface area contributed by atoms with Gasteiger partial charge in [0.05, 0.1) is 0 Å². The van der Waals surface area contributed by atoms with Gasteiger partial charge in [-0.3, -0.25) is 4.79 Å². The molecule has 0 aliphatic rings. The number of amides is 1. The molecule has 0 atom stereocenters. The molecule has 0 aromatic heterocycles. The van der Waals surface area contributed by atoms with Gasteiger partial charge in [0.2, 0.25) is 0 Å². The van der Waals surface area contributed by atoms with Gasteiger partial charge in [0, 0.05) is 15.9 Å². The van der Waals surface area contributed by atoms with Crippen LogP contribution in [-0.4, -0.2) is 5.91 Å². The molecular formula is C11H10BrN3O. The number of primary amides is 1. The molecule has 4 nitrogen and oxygen atoms in total. The summed E-state index contributed by atoms with van der Waals surface area (Å²) >= 11 is 3.31. The van der Waals surface area contributed by atoms with Crippen molar-refractivity contribution in [1.29, 1.82) is 5.26 Å². The van der Waals surface area contributed by atoms with E-state index in [0.717, 1.165) is 10.2 Å². The molecule has 1 amide bonds. The minimum atomic E-state index is -0.732. The minimum absolute atomic E-state index is 0.0667. The summed E-state index contributed by atoms with van der Waals surface area (Å²) in [5.41, 5.74) is 6.22. The molecule has 0 saturated carbocycles. The number of nitrogens with one attached hydrogen (secondary N) is 1. The van der Waals surface area contributed by atoms with E-state index in [1.165, 1.54) is 0 Å². The summed E-state index contributed by atoms with van der Waals surface area (Å²) in [7, 11) is 0. The number of nitriles is 1. The van der Waals surface area contributed by atoms with Crippen LogP contribution in [0.25, 0.3) is 0 Å². The lowest BCUT2D eigenvalue weighted by Gasteiger charge is -2.07. The molecule has 82 valence electrons. The number of allylic oxidation sites excluding steroid dienone is 1. The van der Waals surface area contributed by atoms with Crippen LogP contribution >= 0.6 is 15.9 Å². The second-order valence-electron chi connectivity index (χ2n) is 3.11. The van der Waals surface area contributed by atoms with Gasteiger partial charge in [-0.25, -0.2) is 0 Å².